The van der Waals surface area contributed by atoms with E-state index in [1.54, 1.807) is 7.05 Å². The highest BCUT2D eigenvalue weighted by Gasteiger charge is 2.27. The molecule has 3 rings (SSSR count). The first-order valence-electron chi connectivity index (χ1n) is 10.3. The summed E-state index contributed by atoms with van der Waals surface area (Å²) in [4.78, 5) is 14.4. The fourth-order valence-electron chi connectivity index (χ4n) is 3.55. The summed E-state index contributed by atoms with van der Waals surface area (Å²) in [7, 11) is -1.86. The third kappa shape index (κ3) is 5.64. The van der Waals surface area contributed by atoms with Crippen LogP contribution in [0.25, 0.3) is 0 Å². The quantitative estimate of drug-likeness (QED) is 0.600. The van der Waals surface area contributed by atoms with Crippen molar-refractivity contribution in [3.63, 3.8) is 0 Å². The number of amides is 1. The predicted molar refractivity (Wildman–Crippen MR) is 120 cm³/mol. The van der Waals surface area contributed by atoms with Gasteiger partial charge in [0.2, 0.25) is 15.9 Å². The van der Waals surface area contributed by atoms with Gasteiger partial charge in [-0.15, -0.1) is 0 Å². The minimum atomic E-state index is -3.63. The molecule has 1 amide bonds. The van der Waals surface area contributed by atoms with Gasteiger partial charge in [-0.2, -0.15) is 4.31 Å². The molecule has 1 unspecified atom stereocenters. The molecule has 1 aliphatic rings. The number of benzene rings is 2. The van der Waals surface area contributed by atoms with E-state index in [-0.39, 0.29) is 34.0 Å². The molecule has 2 aromatic carbocycles. The number of rotatable bonds is 8. The van der Waals surface area contributed by atoms with E-state index in [2.05, 4.69) is 5.32 Å². The molecule has 32 heavy (non-hydrogen) atoms. The van der Waals surface area contributed by atoms with Crippen LogP contribution >= 0.6 is 11.6 Å². The molecule has 1 N–H and O–H groups in total. The lowest BCUT2D eigenvalue weighted by molar-refractivity contribution is -0.116. The summed E-state index contributed by atoms with van der Waals surface area (Å²) < 4.78 is 53.6. The van der Waals surface area contributed by atoms with E-state index in [0.29, 0.717) is 25.2 Å². The van der Waals surface area contributed by atoms with Crippen LogP contribution in [0, 0.1) is 11.6 Å². The van der Waals surface area contributed by atoms with Crippen molar-refractivity contribution in [1.29, 1.82) is 0 Å². The van der Waals surface area contributed by atoms with E-state index in [1.807, 2.05) is 11.8 Å². The average Bonchev–Trinajstić information content (AvgIpc) is 3.31. The normalized spacial score (nSPS) is 15.8. The van der Waals surface area contributed by atoms with Crippen LogP contribution in [0.5, 0.6) is 0 Å². The summed E-state index contributed by atoms with van der Waals surface area (Å²) in [5.74, 6) is -2.17. The highest BCUT2D eigenvalue weighted by molar-refractivity contribution is 7.89. The van der Waals surface area contributed by atoms with E-state index in [0.717, 1.165) is 25.0 Å². The highest BCUT2D eigenvalue weighted by Crippen LogP contribution is 2.29. The molecule has 0 aromatic heterocycles. The topological polar surface area (TPSA) is 69.7 Å². The zero-order chi connectivity index (χ0) is 23.5. The van der Waals surface area contributed by atoms with Gasteiger partial charge in [-0.1, -0.05) is 17.7 Å². The Labute approximate surface area is 192 Å². The van der Waals surface area contributed by atoms with Gasteiger partial charge in [-0.05, 0) is 62.7 Å². The first-order valence-corrected chi connectivity index (χ1v) is 12.2. The number of anilines is 1. The predicted octanol–water partition coefficient (Wildman–Crippen LogP) is 4.42. The molecule has 0 saturated carbocycles. The molecule has 10 heteroatoms. The maximum Gasteiger partial charge on any atom is 0.243 e. The molecule has 0 spiro atoms. The number of carbonyl (C=O) groups is 1. The van der Waals surface area contributed by atoms with Gasteiger partial charge >= 0.3 is 0 Å². The summed E-state index contributed by atoms with van der Waals surface area (Å²) in [6.45, 7) is 3.13. The summed E-state index contributed by atoms with van der Waals surface area (Å²) >= 11 is 6.17. The third-order valence-corrected chi connectivity index (χ3v) is 7.92. The third-order valence-electron chi connectivity index (χ3n) is 5.69. The lowest BCUT2D eigenvalue weighted by Crippen LogP contribution is -2.28. The van der Waals surface area contributed by atoms with Crippen LogP contribution in [-0.4, -0.2) is 50.2 Å². The number of sulfonamides is 1. The van der Waals surface area contributed by atoms with E-state index in [4.69, 9.17) is 11.6 Å². The Morgan fingerprint density at radius 2 is 1.84 bits per heavy atom. The van der Waals surface area contributed by atoms with Crippen molar-refractivity contribution in [2.45, 2.75) is 37.1 Å². The Morgan fingerprint density at radius 3 is 2.50 bits per heavy atom. The van der Waals surface area contributed by atoms with Crippen molar-refractivity contribution in [1.82, 2.24) is 9.21 Å². The number of nitrogens with one attached hydrogen (secondary N) is 1. The lowest BCUT2D eigenvalue weighted by atomic mass is 10.1. The minimum absolute atomic E-state index is 0.0863. The van der Waals surface area contributed by atoms with E-state index >= 15 is 0 Å². The number of hydrogen-bond donors (Lipinski definition) is 1. The summed E-state index contributed by atoms with van der Waals surface area (Å²) in [6.07, 6.45) is 1.75. The Bertz CT molecular complexity index is 1090. The highest BCUT2D eigenvalue weighted by atomic mass is 35.5. The van der Waals surface area contributed by atoms with Crippen molar-refractivity contribution >= 4 is 33.2 Å². The second-order valence-electron chi connectivity index (χ2n) is 7.88. The monoisotopic (exact) mass is 485 g/mol. The Balaban J connectivity index is 1.62. The van der Waals surface area contributed by atoms with Gasteiger partial charge in [0.15, 0.2) is 11.6 Å². The summed E-state index contributed by atoms with van der Waals surface area (Å²) in [5.41, 5.74) is 0.822. The van der Waals surface area contributed by atoms with Crippen LogP contribution in [-0.2, 0) is 14.8 Å². The van der Waals surface area contributed by atoms with Crippen LogP contribution in [0.3, 0.4) is 0 Å². The van der Waals surface area contributed by atoms with Crippen molar-refractivity contribution < 1.29 is 22.0 Å². The minimum Gasteiger partial charge on any atom is -0.325 e. The summed E-state index contributed by atoms with van der Waals surface area (Å²) in [6, 6.07) is 7.75. The lowest BCUT2D eigenvalue weighted by Gasteiger charge is -2.25. The molecule has 2 aromatic rings. The number of hydrogen-bond acceptors (Lipinski definition) is 4. The molecule has 174 valence electrons. The fourth-order valence-corrected chi connectivity index (χ4v) is 5.26. The largest absolute Gasteiger partial charge is 0.325 e. The van der Waals surface area contributed by atoms with Crippen LogP contribution in [0.15, 0.2) is 41.3 Å². The molecule has 1 saturated heterocycles. The molecule has 0 aliphatic carbocycles. The van der Waals surface area contributed by atoms with Gasteiger partial charge in [0.05, 0.1) is 15.6 Å². The van der Waals surface area contributed by atoms with E-state index in [1.165, 1.54) is 28.6 Å². The zero-order valence-corrected chi connectivity index (χ0v) is 19.5. The van der Waals surface area contributed by atoms with Crippen molar-refractivity contribution in [3.05, 3.63) is 58.6 Å². The zero-order valence-electron chi connectivity index (χ0n) is 17.9. The molecular weight excluding hydrogens is 460 g/mol. The van der Waals surface area contributed by atoms with Gasteiger partial charge in [-0.3, -0.25) is 9.69 Å². The molecule has 0 bridgehead atoms. The van der Waals surface area contributed by atoms with Gasteiger partial charge in [0.25, 0.3) is 0 Å². The SMILES string of the molecule is CC(c1ccc(F)c(F)c1)N(C)CCC(=O)Nc1cc(S(=O)(=O)N2CCCC2)ccc1Cl. The molecule has 1 aliphatic heterocycles. The number of halogens is 3. The van der Waals surface area contributed by atoms with Gasteiger partial charge in [-0.25, -0.2) is 17.2 Å². The fraction of sp³-hybridized carbons (Fsp3) is 0.409. The maximum atomic E-state index is 13.5. The van der Waals surface area contributed by atoms with Crippen molar-refractivity contribution in [3.8, 4) is 0 Å². The Kier molecular flexibility index (Phi) is 7.87. The van der Waals surface area contributed by atoms with Gasteiger partial charge < -0.3 is 5.32 Å². The molecule has 1 atom stereocenters. The van der Waals surface area contributed by atoms with Crippen molar-refractivity contribution in [2.24, 2.45) is 0 Å². The first kappa shape index (κ1) is 24.6. The first-order chi connectivity index (χ1) is 15.1. The molecule has 1 heterocycles. The van der Waals surface area contributed by atoms with Gasteiger partial charge in [0, 0.05) is 32.1 Å². The molecule has 1 fully saturated rings. The standard InChI is InChI=1S/C22H26ClF2N3O3S/c1-15(16-5-8-19(24)20(25)13-16)27(2)12-9-22(29)26-21-14-17(6-7-18(21)23)32(30,31)28-10-3-4-11-28/h5-8,13-15H,3-4,9-12H2,1-2H3,(H,26,29). The van der Waals surface area contributed by atoms with Crippen molar-refractivity contribution in [2.75, 3.05) is 32.0 Å². The average molecular weight is 486 g/mol. The van der Waals surface area contributed by atoms with Crippen LogP contribution in [0.4, 0.5) is 14.5 Å². The number of nitrogens with zero attached hydrogens (tertiary/aromatic N) is 2. The van der Waals surface area contributed by atoms with E-state index in [9.17, 15) is 22.0 Å². The second-order valence-corrected chi connectivity index (χ2v) is 10.2. The molecule has 0 radical (unpaired) electrons. The Morgan fingerprint density at radius 1 is 1.16 bits per heavy atom. The van der Waals surface area contributed by atoms with Crippen LogP contribution in [0.2, 0.25) is 5.02 Å². The van der Waals surface area contributed by atoms with Crippen LogP contribution < -0.4 is 5.32 Å². The Hall–Kier alpha value is -2.07. The smallest absolute Gasteiger partial charge is 0.243 e. The molecule has 6 nitrogen and oxygen atoms in total. The van der Waals surface area contributed by atoms with Crippen LogP contribution in [0.1, 0.15) is 37.8 Å². The second kappa shape index (κ2) is 10.2. The maximum absolute atomic E-state index is 13.5. The molecular formula is C22H26ClF2N3O3S. The summed E-state index contributed by atoms with van der Waals surface area (Å²) in [5, 5.41) is 2.91. The number of carbonyl (C=O) groups excluding carboxylic acids is 1. The van der Waals surface area contributed by atoms with E-state index < -0.39 is 21.7 Å². The van der Waals surface area contributed by atoms with Gasteiger partial charge in [0.1, 0.15) is 0 Å².